The molecule has 5 nitrogen and oxygen atoms in total. The first-order valence-electron chi connectivity index (χ1n) is 11.7. The Morgan fingerprint density at radius 1 is 0.944 bits per heavy atom. The van der Waals surface area contributed by atoms with Crippen LogP contribution in [0.2, 0.25) is 0 Å². The Morgan fingerprint density at radius 3 is 2.39 bits per heavy atom. The number of H-pyrrole nitrogens is 1. The Kier molecular flexibility index (Phi) is 6.25. The van der Waals surface area contributed by atoms with Gasteiger partial charge in [-0.3, -0.25) is 0 Å². The van der Waals surface area contributed by atoms with Crippen molar-refractivity contribution in [1.82, 2.24) is 9.97 Å². The monoisotopic (exact) mass is 480 g/mol. The van der Waals surface area contributed by atoms with Crippen LogP contribution >= 0.6 is 0 Å². The minimum absolute atomic E-state index is 0.202. The third-order valence-corrected chi connectivity index (χ3v) is 6.28. The number of imidazole rings is 1. The van der Waals surface area contributed by atoms with Crippen LogP contribution in [-0.2, 0) is 11.2 Å². The van der Waals surface area contributed by atoms with E-state index < -0.39 is 5.97 Å². The maximum absolute atomic E-state index is 15.1. The average Bonchev–Trinajstić information content (AvgIpc) is 3.29. The highest BCUT2D eigenvalue weighted by atomic mass is 19.1. The molecule has 4 aromatic carbocycles. The van der Waals surface area contributed by atoms with Crippen molar-refractivity contribution in [2.24, 2.45) is 0 Å². The van der Waals surface area contributed by atoms with Gasteiger partial charge in [-0.1, -0.05) is 61.5 Å². The van der Waals surface area contributed by atoms with Crippen LogP contribution in [0, 0.1) is 12.7 Å². The summed E-state index contributed by atoms with van der Waals surface area (Å²) >= 11 is 0. The number of hydrogen-bond acceptors (Lipinski definition) is 4. The number of aromatic amines is 1. The van der Waals surface area contributed by atoms with Crippen molar-refractivity contribution >= 4 is 17.0 Å². The molecule has 5 rings (SSSR count). The Hall–Kier alpha value is -4.45. The Balaban J connectivity index is 1.44. The second-order valence-electron chi connectivity index (χ2n) is 8.55. The molecule has 0 atom stereocenters. The summed E-state index contributed by atoms with van der Waals surface area (Å²) in [5.74, 6) is -0.384. The van der Waals surface area contributed by atoms with E-state index in [9.17, 15) is 4.79 Å². The van der Waals surface area contributed by atoms with Crippen molar-refractivity contribution in [1.29, 1.82) is 0 Å². The molecule has 0 bridgehead atoms. The number of carbonyl (C=O) groups excluding carboxylic acids is 1. The molecule has 1 aromatic heterocycles. The van der Waals surface area contributed by atoms with Crippen molar-refractivity contribution < 1.29 is 18.7 Å². The lowest BCUT2D eigenvalue weighted by Gasteiger charge is -2.09. The fourth-order valence-corrected chi connectivity index (χ4v) is 4.32. The fourth-order valence-electron chi connectivity index (χ4n) is 4.32. The molecule has 0 aliphatic heterocycles. The summed E-state index contributed by atoms with van der Waals surface area (Å²) in [6.07, 6.45) is 0.944. The maximum Gasteiger partial charge on any atom is 0.338 e. The van der Waals surface area contributed by atoms with Gasteiger partial charge in [-0.2, -0.15) is 4.98 Å². The number of hydrogen-bond donors (Lipinski definition) is 1. The van der Waals surface area contributed by atoms with Crippen LogP contribution in [0.4, 0.5) is 4.39 Å². The van der Waals surface area contributed by atoms with Gasteiger partial charge in [-0.25, -0.2) is 9.18 Å². The van der Waals surface area contributed by atoms with Crippen molar-refractivity contribution in [3.63, 3.8) is 0 Å². The number of benzene rings is 4. The van der Waals surface area contributed by atoms with Gasteiger partial charge in [0, 0.05) is 11.6 Å². The van der Waals surface area contributed by atoms with Gasteiger partial charge in [-0.15, -0.1) is 0 Å². The van der Waals surface area contributed by atoms with Crippen LogP contribution in [-0.4, -0.2) is 23.0 Å². The number of fused-ring (bicyclic) bond motifs is 1. The number of nitrogens with zero attached hydrogens (tertiary/aromatic N) is 1. The van der Waals surface area contributed by atoms with Crippen LogP contribution in [0.1, 0.15) is 28.4 Å². The van der Waals surface area contributed by atoms with E-state index in [0.29, 0.717) is 27.9 Å². The predicted molar refractivity (Wildman–Crippen MR) is 139 cm³/mol. The predicted octanol–water partition coefficient (Wildman–Crippen LogP) is 7.49. The second-order valence-corrected chi connectivity index (χ2v) is 8.55. The van der Waals surface area contributed by atoms with Gasteiger partial charge in [0.15, 0.2) is 0 Å². The molecule has 0 aliphatic carbocycles. The third-order valence-electron chi connectivity index (χ3n) is 6.28. The number of rotatable bonds is 6. The highest BCUT2D eigenvalue weighted by molar-refractivity contribution is 5.91. The molecule has 0 unspecified atom stereocenters. The summed E-state index contributed by atoms with van der Waals surface area (Å²) in [4.78, 5) is 19.5. The molecule has 0 saturated heterocycles. The van der Waals surface area contributed by atoms with Gasteiger partial charge in [0.05, 0.1) is 23.7 Å². The molecule has 0 aliphatic rings. The normalized spacial score (nSPS) is 11.0. The highest BCUT2D eigenvalue weighted by Gasteiger charge is 2.15. The van der Waals surface area contributed by atoms with Crippen molar-refractivity contribution in [3.8, 4) is 34.0 Å². The van der Waals surface area contributed by atoms with E-state index in [2.05, 4.69) is 29.0 Å². The van der Waals surface area contributed by atoms with Gasteiger partial charge in [0.1, 0.15) is 11.6 Å². The molecule has 36 heavy (non-hydrogen) atoms. The summed E-state index contributed by atoms with van der Waals surface area (Å²) in [6, 6.07) is 24.6. The first-order valence-corrected chi connectivity index (χ1v) is 11.7. The Bertz CT molecular complexity index is 1570. The maximum atomic E-state index is 15.1. The summed E-state index contributed by atoms with van der Waals surface area (Å²) < 4.78 is 25.7. The topological polar surface area (TPSA) is 64.2 Å². The molecule has 0 radical (unpaired) electrons. The molecule has 0 fully saturated rings. The van der Waals surface area contributed by atoms with E-state index in [1.165, 1.54) is 24.3 Å². The number of aryl methyl sites for hydroxylation is 2. The van der Waals surface area contributed by atoms with Gasteiger partial charge in [0.2, 0.25) is 0 Å². The molecule has 6 heteroatoms. The van der Waals surface area contributed by atoms with E-state index in [-0.39, 0.29) is 11.8 Å². The van der Waals surface area contributed by atoms with Crippen molar-refractivity contribution in [3.05, 3.63) is 101 Å². The van der Waals surface area contributed by atoms with Crippen LogP contribution in [0.3, 0.4) is 0 Å². The van der Waals surface area contributed by atoms with E-state index >= 15 is 4.39 Å². The van der Waals surface area contributed by atoms with Gasteiger partial charge < -0.3 is 14.5 Å². The zero-order valence-corrected chi connectivity index (χ0v) is 20.3. The Morgan fingerprint density at radius 2 is 1.67 bits per heavy atom. The quantitative estimate of drug-likeness (QED) is 0.256. The number of carbonyl (C=O) groups is 1. The molecular formula is C30H25FN2O3. The number of methoxy groups -OCH3 is 1. The van der Waals surface area contributed by atoms with Gasteiger partial charge in [-0.05, 0) is 59.4 Å². The molecule has 1 N–H and O–H groups in total. The van der Waals surface area contributed by atoms with Gasteiger partial charge in [0.25, 0.3) is 6.01 Å². The Labute approximate surface area is 208 Å². The molecule has 0 amide bonds. The van der Waals surface area contributed by atoms with Crippen LogP contribution < -0.4 is 4.74 Å². The summed E-state index contributed by atoms with van der Waals surface area (Å²) in [7, 11) is 1.33. The molecule has 0 saturated carbocycles. The fraction of sp³-hybridized carbons (Fsp3) is 0.133. The molecule has 180 valence electrons. The van der Waals surface area contributed by atoms with Crippen LogP contribution in [0.5, 0.6) is 11.8 Å². The van der Waals surface area contributed by atoms with E-state index in [0.717, 1.165) is 23.1 Å². The summed E-state index contributed by atoms with van der Waals surface area (Å²) in [5, 5.41) is 0. The number of esters is 1. The lowest BCUT2D eigenvalue weighted by atomic mass is 9.96. The van der Waals surface area contributed by atoms with E-state index in [1.54, 1.807) is 24.3 Å². The zero-order valence-electron chi connectivity index (χ0n) is 20.3. The second kappa shape index (κ2) is 9.66. The summed E-state index contributed by atoms with van der Waals surface area (Å²) in [6.45, 7) is 3.95. The molecule has 0 spiro atoms. The van der Waals surface area contributed by atoms with Crippen molar-refractivity contribution in [2.45, 2.75) is 20.3 Å². The smallest absolute Gasteiger partial charge is 0.338 e. The summed E-state index contributed by atoms with van der Waals surface area (Å²) in [5.41, 5.74) is 7.04. The average molecular weight is 481 g/mol. The minimum atomic E-state index is -0.446. The SMILES string of the molecule is CCc1ccccc1-c1ccc(-c2cc3nc(Oc4ccc(C)c(C(=O)OC)c4)[nH]c3cc2F)cc1. The number of aromatic nitrogens is 2. The van der Waals surface area contributed by atoms with E-state index in [1.807, 2.05) is 43.3 Å². The highest BCUT2D eigenvalue weighted by Crippen LogP contribution is 2.32. The molecular weight excluding hydrogens is 455 g/mol. The van der Waals surface area contributed by atoms with Crippen molar-refractivity contribution in [2.75, 3.05) is 7.11 Å². The standard InChI is InChI=1S/C30H25FN2O3/c1-4-19-7-5-6-8-23(19)20-10-12-21(13-11-20)25-16-27-28(17-26(25)31)33-30(32-27)36-22-14-9-18(2)24(15-22)29(34)35-3/h5-17H,4H2,1-3H3,(H,32,33). The van der Waals surface area contributed by atoms with E-state index in [4.69, 9.17) is 9.47 Å². The largest absolute Gasteiger partial charge is 0.465 e. The first kappa shape index (κ1) is 23.3. The zero-order chi connectivity index (χ0) is 25.2. The van der Waals surface area contributed by atoms with Gasteiger partial charge >= 0.3 is 5.97 Å². The third kappa shape index (κ3) is 4.45. The lowest BCUT2D eigenvalue weighted by molar-refractivity contribution is 0.0599. The minimum Gasteiger partial charge on any atom is -0.465 e. The first-order chi connectivity index (χ1) is 17.5. The van der Waals surface area contributed by atoms with Crippen LogP contribution in [0.25, 0.3) is 33.3 Å². The number of nitrogens with one attached hydrogen (secondary N) is 1. The number of halogens is 1. The van der Waals surface area contributed by atoms with Crippen LogP contribution in [0.15, 0.2) is 78.9 Å². The lowest BCUT2D eigenvalue weighted by Crippen LogP contribution is -2.04. The number of ether oxygens (including phenoxy) is 2. The molecule has 5 aromatic rings. The molecule has 1 heterocycles.